The van der Waals surface area contributed by atoms with Gasteiger partial charge in [0, 0.05) is 44.4 Å². The fourth-order valence-electron chi connectivity index (χ4n) is 14.3. The first-order valence-electron chi connectivity index (χ1n) is 27.3. The molecule has 16 rings (SSSR count). The summed E-state index contributed by atoms with van der Waals surface area (Å²) in [6.45, 7) is 5.18. The molecule has 14 aromatic rings. The molecule has 78 heavy (non-hydrogen) atoms. The van der Waals surface area contributed by atoms with Crippen LogP contribution in [-0.4, -0.2) is 0 Å². The highest BCUT2D eigenvalue weighted by Crippen LogP contribution is 2.69. The number of fused-ring (bicyclic) bond motifs is 16. The van der Waals surface area contributed by atoms with Gasteiger partial charge in [0.25, 0.3) is 0 Å². The van der Waals surface area contributed by atoms with Crippen molar-refractivity contribution in [2.45, 2.75) is 24.7 Å². The summed E-state index contributed by atoms with van der Waals surface area (Å²) in [5, 5.41) is 14.8. The van der Waals surface area contributed by atoms with Crippen molar-refractivity contribution >= 4 is 98.8 Å². The Kier molecular flexibility index (Phi) is 9.63. The Bertz CT molecular complexity index is 4480. The van der Waals surface area contributed by atoms with E-state index in [1.165, 1.54) is 109 Å². The highest BCUT2D eigenvalue weighted by atomic mass is 15.2. The van der Waals surface area contributed by atoms with Gasteiger partial charge in [-0.25, -0.2) is 0 Å². The lowest BCUT2D eigenvalue weighted by Gasteiger charge is -2.46. The third-order valence-corrected chi connectivity index (χ3v) is 18.1. The summed E-state index contributed by atoms with van der Waals surface area (Å²) < 4.78 is 0. The van der Waals surface area contributed by atoms with Gasteiger partial charge < -0.3 is 9.80 Å². The lowest BCUT2D eigenvalue weighted by molar-refractivity contribution is 0.376. The van der Waals surface area contributed by atoms with E-state index in [1.54, 1.807) is 0 Å². The van der Waals surface area contributed by atoms with Crippen LogP contribution in [0.5, 0.6) is 0 Å². The third-order valence-electron chi connectivity index (χ3n) is 18.1. The second kappa shape index (κ2) is 16.9. The van der Waals surface area contributed by atoms with Crippen molar-refractivity contribution in [3.8, 4) is 22.3 Å². The van der Waals surface area contributed by atoms with Gasteiger partial charge >= 0.3 is 0 Å². The topological polar surface area (TPSA) is 6.48 Å². The smallest absolute Gasteiger partial charge is 0.0543 e. The summed E-state index contributed by atoms with van der Waals surface area (Å²) in [5.74, 6) is 0. The number of rotatable bonds is 7. The van der Waals surface area contributed by atoms with E-state index in [0.29, 0.717) is 0 Å². The minimum absolute atomic E-state index is 0.644. The van der Waals surface area contributed by atoms with E-state index >= 15 is 0 Å². The summed E-state index contributed by atoms with van der Waals surface area (Å²) >= 11 is 0. The molecule has 366 valence electrons. The van der Waals surface area contributed by atoms with Crippen LogP contribution >= 0.6 is 0 Å². The molecule has 0 N–H and O–H groups in total. The number of hydrogen-bond acceptors (Lipinski definition) is 2. The number of hydrogen-bond donors (Lipinski definition) is 0. The average Bonchev–Trinajstić information content (AvgIpc) is 2.64. The van der Waals surface area contributed by atoms with Crippen LogP contribution in [0.1, 0.15) is 36.1 Å². The highest BCUT2D eigenvalue weighted by molar-refractivity contribution is 6.19. The van der Waals surface area contributed by atoms with E-state index in [9.17, 15) is 0 Å². The molecule has 2 unspecified atom stereocenters. The molecule has 0 radical (unpaired) electrons. The summed E-state index contributed by atoms with van der Waals surface area (Å²) in [7, 11) is 0. The lowest BCUT2D eigenvalue weighted by Crippen LogP contribution is -2.44. The van der Waals surface area contributed by atoms with Crippen LogP contribution in [-0.2, 0) is 10.8 Å². The molecule has 2 heteroatoms. The molecule has 14 aromatic carbocycles. The Morgan fingerprint density at radius 3 is 0.936 bits per heavy atom. The van der Waals surface area contributed by atoms with Crippen LogP contribution in [0.2, 0.25) is 0 Å². The quantitative estimate of drug-likeness (QED) is 0.157. The minimum atomic E-state index is -0.644. The van der Waals surface area contributed by atoms with E-state index in [0.717, 1.165) is 34.1 Å². The molecule has 0 fully saturated rings. The monoisotopic (exact) mass is 992 g/mol. The molecule has 2 atom stereocenters. The standard InChI is InChI=1S/C76H52N2/c1-75(65-43-39-51-23-13-15-31-59(51)71(65)73-63-35-19-17-33-61(63)69(47-67(73)75)77(55-27-5-3-6-28-55)57-41-37-49-21-9-11-25-53(49)45-57)76(2)66-44-40-52-24-14-16-32-60(52)72(66)74-64-36-20-18-34-62(64)70(48-68(74)76)78(56-29-7-4-8-30-56)58-42-38-50-22-10-12-26-54(50)46-58/h3-48H,1-2H3. The van der Waals surface area contributed by atoms with Crippen molar-refractivity contribution < 1.29 is 0 Å². The third kappa shape index (κ3) is 6.20. The van der Waals surface area contributed by atoms with Crippen molar-refractivity contribution in [2.75, 3.05) is 9.80 Å². The number of anilines is 6. The van der Waals surface area contributed by atoms with E-state index in [1.807, 2.05) is 0 Å². The van der Waals surface area contributed by atoms with Gasteiger partial charge in [-0.2, -0.15) is 0 Å². The molecule has 0 bridgehead atoms. The maximum absolute atomic E-state index is 2.60. The molecule has 0 heterocycles. The first kappa shape index (κ1) is 44.5. The zero-order valence-corrected chi connectivity index (χ0v) is 43.5. The molecule has 2 aliphatic carbocycles. The highest BCUT2D eigenvalue weighted by Gasteiger charge is 2.59. The van der Waals surface area contributed by atoms with Crippen molar-refractivity contribution in [3.63, 3.8) is 0 Å². The van der Waals surface area contributed by atoms with Crippen molar-refractivity contribution in [1.82, 2.24) is 0 Å². The molecule has 0 aliphatic heterocycles. The van der Waals surface area contributed by atoms with Gasteiger partial charge in [-0.1, -0.05) is 232 Å². The van der Waals surface area contributed by atoms with Crippen molar-refractivity contribution in [1.29, 1.82) is 0 Å². The molecule has 0 spiro atoms. The zero-order chi connectivity index (χ0) is 51.7. The Hall–Kier alpha value is -9.76. The second-order valence-electron chi connectivity index (χ2n) is 21.8. The van der Waals surface area contributed by atoms with E-state index in [-0.39, 0.29) is 0 Å². The van der Waals surface area contributed by atoms with Gasteiger partial charge in [-0.15, -0.1) is 0 Å². The Morgan fingerprint density at radius 2 is 0.526 bits per heavy atom. The molecule has 2 nitrogen and oxygen atoms in total. The Balaban J connectivity index is 1.06. The number of nitrogens with zero attached hydrogens (tertiary/aromatic N) is 2. The van der Waals surface area contributed by atoms with Gasteiger partial charge in [0.05, 0.1) is 11.4 Å². The SMILES string of the molecule is CC1(C2(C)c3ccc4ccccc4c3-c3c2cc(N(c2ccccc2)c2ccc4ccccc4c2)c2ccccc32)c2ccc3ccccc3c2-c2c1cc(N(c1ccccc1)c1ccc3ccccc3c1)c1ccccc21. The van der Waals surface area contributed by atoms with E-state index < -0.39 is 10.8 Å². The first-order chi connectivity index (χ1) is 38.5. The van der Waals surface area contributed by atoms with Gasteiger partial charge in [0.1, 0.15) is 0 Å². The second-order valence-corrected chi connectivity index (χ2v) is 21.8. The van der Waals surface area contributed by atoms with Crippen molar-refractivity contribution in [2.24, 2.45) is 0 Å². The number of para-hydroxylation sites is 2. The summed E-state index contributed by atoms with van der Waals surface area (Å²) in [5.41, 5.74) is 16.1. The van der Waals surface area contributed by atoms with Crippen LogP contribution in [0, 0.1) is 0 Å². The Morgan fingerprint density at radius 1 is 0.218 bits per heavy atom. The summed E-state index contributed by atoms with van der Waals surface area (Å²) in [4.78, 5) is 5.02. The van der Waals surface area contributed by atoms with Crippen LogP contribution in [0.4, 0.5) is 34.1 Å². The maximum atomic E-state index is 2.60. The largest absolute Gasteiger partial charge is 0.310 e. The summed E-state index contributed by atoms with van der Waals surface area (Å²) in [6, 6.07) is 105. The Labute approximate surface area is 454 Å². The van der Waals surface area contributed by atoms with Gasteiger partial charge in [0.15, 0.2) is 0 Å². The predicted octanol–water partition coefficient (Wildman–Crippen LogP) is 20.8. The molecule has 0 amide bonds. The van der Waals surface area contributed by atoms with Gasteiger partial charge in [-0.3, -0.25) is 0 Å². The van der Waals surface area contributed by atoms with Crippen LogP contribution in [0.25, 0.3) is 86.9 Å². The predicted molar refractivity (Wildman–Crippen MR) is 331 cm³/mol. The molecule has 2 aliphatic rings. The number of benzene rings is 14. The van der Waals surface area contributed by atoms with Crippen molar-refractivity contribution in [3.05, 3.63) is 301 Å². The van der Waals surface area contributed by atoms with E-state index in [2.05, 4.69) is 303 Å². The van der Waals surface area contributed by atoms with Gasteiger partial charge in [-0.05, 0) is 159 Å². The summed E-state index contributed by atoms with van der Waals surface area (Å²) in [6.07, 6.45) is 0. The maximum Gasteiger partial charge on any atom is 0.0543 e. The lowest BCUT2D eigenvalue weighted by atomic mass is 9.56. The molecular formula is C76H52N2. The molecule has 0 aromatic heterocycles. The normalized spacial score (nSPS) is 16.2. The van der Waals surface area contributed by atoms with Crippen LogP contribution < -0.4 is 9.80 Å². The molecule has 0 saturated carbocycles. The van der Waals surface area contributed by atoms with Crippen LogP contribution in [0.3, 0.4) is 0 Å². The fourth-order valence-corrected chi connectivity index (χ4v) is 14.3. The first-order valence-corrected chi connectivity index (χ1v) is 27.3. The molecular weight excluding hydrogens is 941 g/mol. The fraction of sp³-hybridized carbons (Fsp3) is 0.0526. The molecule has 0 saturated heterocycles. The average molecular weight is 993 g/mol. The van der Waals surface area contributed by atoms with Gasteiger partial charge in [0.2, 0.25) is 0 Å². The van der Waals surface area contributed by atoms with Crippen LogP contribution in [0.15, 0.2) is 279 Å². The minimum Gasteiger partial charge on any atom is -0.310 e. The van der Waals surface area contributed by atoms with E-state index in [4.69, 9.17) is 0 Å². The zero-order valence-electron chi connectivity index (χ0n) is 43.5.